The van der Waals surface area contributed by atoms with Gasteiger partial charge in [0.2, 0.25) is 5.95 Å². The van der Waals surface area contributed by atoms with Crippen molar-refractivity contribution < 1.29 is 19.0 Å². The highest BCUT2D eigenvalue weighted by atomic mass is 16.7. The summed E-state index contributed by atoms with van der Waals surface area (Å²) in [5.41, 5.74) is 1.41. The van der Waals surface area contributed by atoms with Gasteiger partial charge in [0, 0.05) is 51.0 Å². The minimum atomic E-state index is -0.537. The molecule has 1 N–H and O–H groups in total. The number of carbonyl (C=O) groups excluding carboxylic acids is 1. The number of ether oxygens (including phenoxy) is 3. The van der Waals surface area contributed by atoms with Crippen molar-refractivity contribution in [3.8, 4) is 29.4 Å². The van der Waals surface area contributed by atoms with Crippen LogP contribution in [0.5, 0.6) is 5.75 Å². The second-order valence-corrected chi connectivity index (χ2v) is 9.72. The van der Waals surface area contributed by atoms with Gasteiger partial charge in [0.05, 0.1) is 0 Å². The first-order valence-electron chi connectivity index (χ1n) is 12.1. The Labute approximate surface area is 213 Å². The van der Waals surface area contributed by atoms with Gasteiger partial charge in [-0.15, -0.1) is 16.6 Å². The van der Waals surface area contributed by atoms with Gasteiger partial charge in [-0.2, -0.15) is 4.98 Å². The molecule has 2 heterocycles. The highest BCUT2D eigenvalue weighted by Gasteiger charge is 2.28. The Balaban J connectivity index is 1.83. The molecule has 0 unspecified atom stereocenters. The fraction of sp³-hybridized carbons (Fsp3) is 0.538. The summed E-state index contributed by atoms with van der Waals surface area (Å²) in [5.74, 6) is 4.16. The van der Waals surface area contributed by atoms with Gasteiger partial charge in [0.15, 0.2) is 12.6 Å². The number of aromatic nitrogens is 3. The molecule has 1 aliphatic heterocycles. The number of hydrogen-bond acceptors (Lipinski definition) is 9. The Morgan fingerprint density at radius 1 is 1.31 bits per heavy atom. The minimum Gasteiger partial charge on any atom is -0.467 e. The fourth-order valence-corrected chi connectivity index (χ4v) is 3.75. The maximum absolute atomic E-state index is 12.5. The molecule has 1 saturated heterocycles. The van der Waals surface area contributed by atoms with E-state index in [2.05, 4.69) is 21.4 Å². The zero-order valence-corrected chi connectivity index (χ0v) is 22.0. The molecule has 36 heavy (non-hydrogen) atoms. The number of amides is 1. The second kappa shape index (κ2) is 11.9. The average Bonchev–Trinajstić information content (AvgIpc) is 2.83. The van der Waals surface area contributed by atoms with E-state index in [1.807, 2.05) is 58.8 Å². The molecule has 0 spiro atoms. The van der Waals surface area contributed by atoms with Crippen LogP contribution in [0.2, 0.25) is 0 Å². The third kappa shape index (κ3) is 7.21. The Hall–Kier alpha value is -3.58. The molecule has 10 nitrogen and oxygen atoms in total. The standard InChI is InChI=1S/C26H36N6O4/c1-8-18-12-13-20(21(15-18)35-17-34-9-2)22-23(31(6)7)28-24(30-29-22)27-19-11-10-14-32(16-19)25(33)36-26(3,4)5/h1,12-13,15,19H,9-11,14,16-17H2,2-7H3,(H,27,28,30)/t19-/m1/s1. The molecule has 0 aliphatic carbocycles. The molecule has 0 bridgehead atoms. The summed E-state index contributed by atoms with van der Waals surface area (Å²) >= 11 is 0. The van der Waals surface area contributed by atoms with Crippen LogP contribution in [0.1, 0.15) is 46.1 Å². The zero-order valence-electron chi connectivity index (χ0n) is 22.0. The zero-order chi connectivity index (χ0) is 26.3. The summed E-state index contributed by atoms with van der Waals surface area (Å²) in [6.45, 7) is 9.26. The summed E-state index contributed by atoms with van der Waals surface area (Å²) in [6, 6.07) is 5.43. The highest BCUT2D eigenvalue weighted by Crippen LogP contribution is 2.34. The van der Waals surface area contributed by atoms with Crippen LogP contribution in [0.4, 0.5) is 16.6 Å². The van der Waals surface area contributed by atoms with Gasteiger partial charge in [-0.25, -0.2) is 4.79 Å². The Morgan fingerprint density at radius 3 is 2.75 bits per heavy atom. The van der Waals surface area contributed by atoms with E-state index in [9.17, 15) is 4.79 Å². The van der Waals surface area contributed by atoms with Crippen molar-refractivity contribution in [3.05, 3.63) is 23.8 Å². The number of nitrogens with zero attached hydrogens (tertiary/aromatic N) is 5. The lowest BCUT2D eigenvalue weighted by atomic mass is 10.1. The molecule has 1 atom stereocenters. The first kappa shape index (κ1) is 27.0. The lowest BCUT2D eigenvalue weighted by Gasteiger charge is -2.34. The van der Waals surface area contributed by atoms with Gasteiger partial charge >= 0.3 is 6.09 Å². The van der Waals surface area contributed by atoms with Crippen molar-refractivity contribution in [2.75, 3.05) is 50.8 Å². The molecular weight excluding hydrogens is 460 g/mol. The van der Waals surface area contributed by atoms with E-state index >= 15 is 0 Å². The molecule has 1 aliphatic rings. The Kier molecular flexibility index (Phi) is 8.93. The van der Waals surface area contributed by atoms with E-state index in [1.54, 1.807) is 11.0 Å². The molecule has 194 valence electrons. The first-order chi connectivity index (χ1) is 17.1. The lowest BCUT2D eigenvalue weighted by Crippen LogP contribution is -2.47. The maximum atomic E-state index is 12.5. The third-order valence-electron chi connectivity index (χ3n) is 5.40. The predicted octanol–water partition coefficient (Wildman–Crippen LogP) is 3.77. The van der Waals surface area contributed by atoms with E-state index < -0.39 is 5.60 Å². The van der Waals surface area contributed by atoms with Crippen LogP contribution in [-0.4, -0.2) is 78.4 Å². The topological polar surface area (TPSA) is 102 Å². The number of benzene rings is 1. The van der Waals surface area contributed by atoms with Crippen LogP contribution in [-0.2, 0) is 9.47 Å². The monoisotopic (exact) mass is 496 g/mol. The molecule has 1 aromatic heterocycles. The summed E-state index contributed by atoms with van der Waals surface area (Å²) in [7, 11) is 3.78. The van der Waals surface area contributed by atoms with E-state index in [4.69, 9.17) is 25.6 Å². The largest absolute Gasteiger partial charge is 0.467 e. The summed E-state index contributed by atoms with van der Waals surface area (Å²) < 4.78 is 16.7. The number of hydrogen-bond donors (Lipinski definition) is 1. The number of nitrogens with one attached hydrogen (secondary N) is 1. The van der Waals surface area contributed by atoms with Crippen LogP contribution in [0.25, 0.3) is 11.3 Å². The van der Waals surface area contributed by atoms with Crippen molar-refractivity contribution in [2.24, 2.45) is 0 Å². The Morgan fingerprint density at radius 2 is 2.08 bits per heavy atom. The van der Waals surface area contributed by atoms with Gasteiger partial charge in [0.1, 0.15) is 17.0 Å². The van der Waals surface area contributed by atoms with Gasteiger partial charge in [-0.1, -0.05) is 5.92 Å². The fourth-order valence-electron chi connectivity index (χ4n) is 3.75. The smallest absolute Gasteiger partial charge is 0.410 e. The van der Waals surface area contributed by atoms with Crippen LogP contribution in [0, 0.1) is 12.3 Å². The number of piperidine rings is 1. The lowest BCUT2D eigenvalue weighted by molar-refractivity contribution is 0.0205. The quantitative estimate of drug-likeness (QED) is 0.332. The number of anilines is 2. The molecule has 1 amide bonds. The summed E-state index contributed by atoms with van der Waals surface area (Å²) in [5, 5.41) is 12.2. The normalized spacial score (nSPS) is 15.7. The predicted molar refractivity (Wildman–Crippen MR) is 139 cm³/mol. The molecule has 2 aromatic rings. The van der Waals surface area contributed by atoms with Crippen LogP contribution in [0.3, 0.4) is 0 Å². The van der Waals surface area contributed by atoms with Gasteiger partial charge in [0.25, 0.3) is 0 Å². The van der Waals surface area contributed by atoms with Crippen molar-refractivity contribution in [3.63, 3.8) is 0 Å². The number of carbonyl (C=O) groups is 1. The SMILES string of the molecule is C#Cc1ccc(-c2nnc(N[C@@H]3CCCN(C(=O)OC(C)(C)C)C3)nc2N(C)C)c(OCOCC)c1. The highest BCUT2D eigenvalue weighted by molar-refractivity contribution is 5.77. The minimum absolute atomic E-state index is 0.0195. The Bertz CT molecular complexity index is 1090. The number of likely N-dealkylation sites (tertiary alicyclic amines) is 1. The van der Waals surface area contributed by atoms with E-state index in [-0.39, 0.29) is 18.9 Å². The van der Waals surface area contributed by atoms with E-state index in [0.29, 0.717) is 54.0 Å². The maximum Gasteiger partial charge on any atom is 0.410 e. The van der Waals surface area contributed by atoms with Gasteiger partial charge in [-0.3, -0.25) is 0 Å². The molecule has 0 saturated carbocycles. The van der Waals surface area contributed by atoms with Crippen molar-refractivity contribution in [2.45, 2.75) is 52.2 Å². The van der Waals surface area contributed by atoms with E-state index in [1.165, 1.54) is 0 Å². The van der Waals surface area contributed by atoms with Crippen LogP contribution in [0.15, 0.2) is 18.2 Å². The van der Waals surface area contributed by atoms with Gasteiger partial charge < -0.3 is 29.3 Å². The van der Waals surface area contributed by atoms with Gasteiger partial charge in [-0.05, 0) is 58.7 Å². The van der Waals surface area contributed by atoms with E-state index in [0.717, 1.165) is 12.8 Å². The average molecular weight is 497 g/mol. The summed E-state index contributed by atoms with van der Waals surface area (Å²) in [4.78, 5) is 20.8. The first-order valence-corrected chi connectivity index (χ1v) is 12.1. The molecule has 3 rings (SSSR count). The second-order valence-electron chi connectivity index (χ2n) is 9.72. The number of terminal acetylenes is 1. The van der Waals surface area contributed by atoms with Crippen molar-refractivity contribution >= 4 is 17.9 Å². The molecule has 1 aromatic carbocycles. The van der Waals surface area contributed by atoms with Crippen molar-refractivity contribution in [1.29, 1.82) is 0 Å². The number of rotatable bonds is 8. The molecule has 0 radical (unpaired) electrons. The van der Waals surface area contributed by atoms with Crippen LogP contribution < -0.4 is 15.0 Å². The molecular formula is C26H36N6O4. The molecule has 1 fully saturated rings. The summed E-state index contributed by atoms with van der Waals surface area (Å²) in [6.07, 6.45) is 7.00. The van der Waals surface area contributed by atoms with Crippen LogP contribution >= 0.6 is 0 Å². The molecule has 10 heteroatoms. The van der Waals surface area contributed by atoms with Crippen molar-refractivity contribution in [1.82, 2.24) is 20.1 Å². The third-order valence-corrected chi connectivity index (χ3v) is 5.40.